The number of nitrogen functional groups attached to an aromatic ring is 1. The maximum Gasteiger partial charge on any atom is 0.163 e. The molecule has 1 heterocycles. The number of aromatic nitrogens is 1. The van der Waals surface area contributed by atoms with Gasteiger partial charge in [-0.3, -0.25) is 9.78 Å². The third-order valence-corrected chi connectivity index (χ3v) is 3.92. The van der Waals surface area contributed by atoms with Gasteiger partial charge in [0.2, 0.25) is 0 Å². The fourth-order valence-electron chi connectivity index (χ4n) is 2.74. The molecule has 0 aliphatic carbocycles. The predicted molar refractivity (Wildman–Crippen MR) is 103 cm³/mol. The quantitative estimate of drug-likeness (QED) is 0.541. The summed E-state index contributed by atoms with van der Waals surface area (Å²) in [6.45, 7) is 5.46. The highest BCUT2D eigenvalue weighted by molar-refractivity contribution is 6.06. The molecule has 0 radical (unpaired) electrons. The summed E-state index contributed by atoms with van der Waals surface area (Å²) in [7, 11) is 1.51. The van der Waals surface area contributed by atoms with Gasteiger partial charge >= 0.3 is 0 Å². The zero-order chi connectivity index (χ0) is 19.3. The Hall–Kier alpha value is -2.95. The molecule has 3 rings (SSSR count). The van der Waals surface area contributed by atoms with Crippen molar-refractivity contribution in [2.45, 2.75) is 27.2 Å². The van der Waals surface area contributed by atoms with Gasteiger partial charge in [-0.2, -0.15) is 0 Å². The molecule has 0 unspecified atom stereocenters. The number of methoxy groups -OCH3 is 1. The summed E-state index contributed by atoms with van der Waals surface area (Å²) >= 11 is 0. The van der Waals surface area contributed by atoms with Crippen LogP contribution in [0.1, 0.15) is 42.3 Å². The normalized spacial score (nSPS) is 10.2. The second-order valence-corrected chi connectivity index (χ2v) is 5.65. The van der Waals surface area contributed by atoms with Crippen LogP contribution in [0.5, 0.6) is 5.75 Å². The Kier molecular flexibility index (Phi) is 6.28. The molecule has 0 amide bonds. The van der Waals surface area contributed by atoms with E-state index in [1.165, 1.54) is 26.2 Å². The van der Waals surface area contributed by atoms with Crippen LogP contribution in [0, 0.1) is 5.82 Å². The van der Waals surface area contributed by atoms with E-state index in [2.05, 4.69) is 4.98 Å². The van der Waals surface area contributed by atoms with Gasteiger partial charge in [0.1, 0.15) is 11.3 Å². The number of halogens is 1. The van der Waals surface area contributed by atoms with Crippen LogP contribution in [0.25, 0.3) is 10.9 Å². The van der Waals surface area contributed by atoms with Crippen LogP contribution >= 0.6 is 0 Å². The zero-order valence-corrected chi connectivity index (χ0v) is 15.5. The minimum absolute atomic E-state index is 0.127. The van der Waals surface area contributed by atoms with Crippen LogP contribution in [-0.4, -0.2) is 17.9 Å². The lowest BCUT2D eigenvalue weighted by Crippen LogP contribution is -2.03. The van der Waals surface area contributed by atoms with Gasteiger partial charge in [-0.05, 0) is 48.7 Å². The molecular formula is C21H23FN2O2. The minimum atomic E-state index is -0.263. The van der Waals surface area contributed by atoms with E-state index in [-0.39, 0.29) is 11.6 Å². The topological polar surface area (TPSA) is 65.2 Å². The Labute approximate surface area is 152 Å². The first-order valence-electron chi connectivity index (χ1n) is 8.50. The molecule has 0 saturated heterocycles. The van der Waals surface area contributed by atoms with Gasteiger partial charge in [0.05, 0.1) is 12.7 Å². The van der Waals surface area contributed by atoms with Crippen molar-refractivity contribution in [3.63, 3.8) is 0 Å². The summed E-state index contributed by atoms with van der Waals surface area (Å²) in [6.07, 6.45) is 2.33. The fraction of sp³-hybridized carbons (Fsp3) is 0.238. The second-order valence-electron chi connectivity index (χ2n) is 5.65. The van der Waals surface area contributed by atoms with Crippen LogP contribution < -0.4 is 10.5 Å². The number of hydrogen-bond donors (Lipinski definition) is 1. The van der Waals surface area contributed by atoms with Crippen LogP contribution in [0.2, 0.25) is 0 Å². The lowest BCUT2D eigenvalue weighted by Gasteiger charge is -2.12. The van der Waals surface area contributed by atoms with E-state index in [1.54, 1.807) is 24.4 Å². The highest BCUT2D eigenvalue weighted by Gasteiger charge is 2.16. The smallest absolute Gasteiger partial charge is 0.163 e. The monoisotopic (exact) mass is 354 g/mol. The number of benzene rings is 2. The molecule has 0 spiro atoms. The van der Waals surface area contributed by atoms with Gasteiger partial charge < -0.3 is 10.5 Å². The Morgan fingerprint density at radius 3 is 2.38 bits per heavy atom. The molecule has 136 valence electrons. The van der Waals surface area contributed by atoms with Gasteiger partial charge in [-0.1, -0.05) is 26.0 Å². The first-order chi connectivity index (χ1) is 12.5. The summed E-state index contributed by atoms with van der Waals surface area (Å²) in [5.41, 5.74) is 9.48. The molecule has 0 bridgehead atoms. The van der Waals surface area contributed by atoms with E-state index in [0.717, 1.165) is 16.5 Å². The Bertz CT molecular complexity index is 921. The molecule has 0 aliphatic heterocycles. The van der Waals surface area contributed by atoms with Gasteiger partial charge in [0, 0.05) is 17.3 Å². The predicted octanol–water partition coefficient (Wildman–Crippen LogP) is 4.78. The van der Waals surface area contributed by atoms with E-state index in [1.807, 2.05) is 19.9 Å². The Morgan fingerprint density at radius 2 is 1.81 bits per heavy atom. The van der Waals surface area contributed by atoms with Crippen LogP contribution in [0.3, 0.4) is 0 Å². The largest absolute Gasteiger partial charge is 0.494 e. The number of ketones is 1. The van der Waals surface area contributed by atoms with E-state index in [0.29, 0.717) is 28.9 Å². The molecule has 5 heteroatoms. The summed E-state index contributed by atoms with van der Waals surface area (Å²) in [5, 5.41) is 0.733. The number of carbonyl (C=O) groups excluding carboxylic acids is 1. The van der Waals surface area contributed by atoms with E-state index in [4.69, 9.17) is 10.5 Å². The van der Waals surface area contributed by atoms with E-state index < -0.39 is 0 Å². The van der Waals surface area contributed by atoms with Crippen LogP contribution in [0.4, 0.5) is 10.1 Å². The van der Waals surface area contributed by atoms with Crippen molar-refractivity contribution in [1.29, 1.82) is 0 Å². The number of carbonyl (C=O) groups is 1. The van der Waals surface area contributed by atoms with Gasteiger partial charge in [0.25, 0.3) is 0 Å². The number of pyridine rings is 1. The Morgan fingerprint density at radius 1 is 1.15 bits per heavy atom. The number of fused-ring (bicyclic) bond motifs is 1. The van der Waals surface area contributed by atoms with Gasteiger partial charge in [-0.25, -0.2) is 4.39 Å². The molecule has 26 heavy (non-hydrogen) atoms. The Balaban J connectivity index is 0.00000117. The van der Waals surface area contributed by atoms with E-state index >= 15 is 0 Å². The van der Waals surface area contributed by atoms with Crippen molar-refractivity contribution in [1.82, 2.24) is 4.98 Å². The lowest BCUT2D eigenvalue weighted by atomic mass is 10.0. The average Bonchev–Trinajstić information content (AvgIpc) is 2.65. The number of nitrogens with two attached hydrogens (primary N) is 1. The highest BCUT2D eigenvalue weighted by atomic mass is 19.1. The second kappa shape index (κ2) is 8.43. The lowest BCUT2D eigenvalue weighted by molar-refractivity contribution is 0.101. The van der Waals surface area contributed by atoms with Crippen molar-refractivity contribution in [3.8, 4) is 5.75 Å². The third kappa shape index (κ3) is 3.99. The molecule has 3 aromatic rings. The van der Waals surface area contributed by atoms with Crippen molar-refractivity contribution in [2.24, 2.45) is 0 Å². The first-order valence-corrected chi connectivity index (χ1v) is 8.50. The number of anilines is 1. The zero-order valence-electron chi connectivity index (χ0n) is 15.5. The number of nitrogens with zero attached hydrogens (tertiary/aromatic N) is 1. The molecule has 1 aromatic heterocycles. The van der Waals surface area contributed by atoms with Crippen LogP contribution in [-0.2, 0) is 6.42 Å². The summed E-state index contributed by atoms with van der Waals surface area (Å²) in [5.74, 6) is 0.0406. The SMILES string of the molecule is CC.COc1c(C(C)=O)cc(N)c2cc(Cc3ccc(F)cc3)cnc12. The number of hydrogen-bond acceptors (Lipinski definition) is 4. The molecule has 0 fully saturated rings. The third-order valence-electron chi connectivity index (χ3n) is 3.92. The highest BCUT2D eigenvalue weighted by Crippen LogP contribution is 2.33. The summed E-state index contributed by atoms with van der Waals surface area (Å²) < 4.78 is 18.4. The van der Waals surface area contributed by atoms with E-state index in [9.17, 15) is 9.18 Å². The molecule has 4 nitrogen and oxygen atoms in total. The molecule has 2 N–H and O–H groups in total. The maximum absolute atomic E-state index is 13.0. The molecule has 0 aliphatic rings. The fourth-order valence-corrected chi connectivity index (χ4v) is 2.74. The minimum Gasteiger partial charge on any atom is -0.494 e. The molecular weight excluding hydrogens is 331 g/mol. The van der Waals surface area contributed by atoms with Gasteiger partial charge in [0.15, 0.2) is 11.5 Å². The molecule has 0 atom stereocenters. The number of ether oxygens (including phenoxy) is 1. The number of rotatable bonds is 4. The molecule has 2 aromatic carbocycles. The summed E-state index contributed by atoms with van der Waals surface area (Å²) in [4.78, 5) is 16.2. The van der Waals surface area contributed by atoms with Gasteiger partial charge in [-0.15, -0.1) is 0 Å². The standard InChI is InChI=1S/C19H17FN2O2.C2H6/c1-11(23)15-9-17(21)16-8-13(10-22-18(16)19(15)24-2)7-12-3-5-14(20)6-4-12;1-2/h3-6,8-10H,7,21H2,1-2H3;1-2H3. The van der Waals surface area contributed by atoms with Crippen molar-refractivity contribution < 1.29 is 13.9 Å². The van der Waals surface area contributed by atoms with Crippen molar-refractivity contribution in [2.75, 3.05) is 12.8 Å². The maximum atomic E-state index is 13.0. The summed E-state index contributed by atoms with van der Waals surface area (Å²) in [6, 6.07) is 9.88. The van der Waals surface area contributed by atoms with Crippen molar-refractivity contribution >= 4 is 22.4 Å². The number of Topliss-reactive ketones (excluding diaryl/α,β-unsaturated/α-hetero) is 1. The molecule has 0 saturated carbocycles. The average molecular weight is 354 g/mol. The van der Waals surface area contributed by atoms with Crippen LogP contribution in [0.15, 0.2) is 42.6 Å². The van der Waals surface area contributed by atoms with Crippen molar-refractivity contribution in [3.05, 3.63) is 65.1 Å². The first kappa shape index (κ1) is 19.4.